The molecule has 2 aromatic heterocycles. The molecule has 43 heavy (non-hydrogen) atoms. The van der Waals surface area contributed by atoms with Gasteiger partial charge in [-0.2, -0.15) is 5.10 Å². The zero-order valence-corrected chi connectivity index (χ0v) is 24.8. The van der Waals surface area contributed by atoms with Crippen LogP contribution in [0.25, 0.3) is 11.0 Å². The number of carbonyl (C=O) groups excluding carboxylic acids is 2. The number of amides is 2. The van der Waals surface area contributed by atoms with Crippen LogP contribution in [0.4, 0.5) is 5.69 Å². The molecule has 0 fully saturated rings. The lowest BCUT2D eigenvalue weighted by Crippen LogP contribution is -2.23. The van der Waals surface area contributed by atoms with E-state index < -0.39 is 5.91 Å². The normalized spacial score (nSPS) is 13.6. The number of ether oxygens (including phenoxy) is 1. The standard InChI is InChI=1S/C34H30ClN3O5/c1-19-12-14-25-22(18-41-32(25)20(19)2)16-30(39)38-37-26-10-7-11-29-31(26)21(3)33(43-29)34(40)36-27-17-23(35)13-15-28(27)42-24-8-5-4-6-9-24/h4-6,8-9,12-15,17-18H,7,10-11,16H2,1-3H3,(H,36,40)(H,38,39)/b37-26+. The van der Waals surface area contributed by atoms with Gasteiger partial charge in [-0.3, -0.25) is 9.59 Å². The number of fused-ring (bicyclic) bond motifs is 2. The van der Waals surface area contributed by atoms with E-state index in [-0.39, 0.29) is 18.1 Å². The average Bonchev–Trinajstić information content (AvgIpc) is 3.57. The molecule has 0 spiro atoms. The molecule has 1 aliphatic rings. The summed E-state index contributed by atoms with van der Waals surface area (Å²) >= 11 is 6.24. The third kappa shape index (κ3) is 5.79. The van der Waals surface area contributed by atoms with Crippen LogP contribution in [0.3, 0.4) is 0 Å². The van der Waals surface area contributed by atoms with Crippen molar-refractivity contribution in [1.82, 2.24) is 5.43 Å². The number of hydrogen-bond acceptors (Lipinski definition) is 6. The molecule has 5 aromatic rings. The summed E-state index contributed by atoms with van der Waals surface area (Å²) in [5.74, 6) is 1.21. The summed E-state index contributed by atoms with van der Waals surface area (Å²) in [4.78, 5) is 26.3. The van der Waals surface area contributed by atoms with Gasteiger partial charge < -0.3 is 18.9 Å². The Kier molecular flexibility index (Phi) is 7.78. The van der Waals surface area contributed by atoms with E-state index >= 15 is 0 Å². The molecule has 0 bridgehead atoms. The molecular formula is C34H30ClN3O5. The highest BCUT2D eigenvalue weighted by Crippen LogP contribution is 2.34. The number of para-hydroxylation sites is 1. The van der Waals surface area contributed by atoms with E-state index in [0.717, 1.165) is 39.6 Å². The highest BCUT2D eigenvalue weighted by molar-refractivity contribution is 6.31. The van der Waals surface area contributed by atoms with Crippen molar-refractivity contribution in [2.45, 2.75) is 46.5 Å². The minimum absolute atomic E-state index is 0.129. The van der Waals surface area contributed by atoms with Gasteiger partial charge in [0.25, 0.3) is 5.91 Å². The quantitative estimate of drug-likeness (QED) is 0.185. The zero-order valence-electron chi connectivity index (χ0n) is 24.0. The molecule has 0 atom stereocenters. The molecule has 2 heterocycles. The fourth-order valence-electron chi connectivity index (χ4n) is 5.35. The second-order valence-electron chi connectivity index (χ2n) is 10.6. The molecule has 2 N–H and O–H groups in total. The van der Waals surface area contributed by atoms with Gasteiger partial charge in [-0.05, 0) is 75.1 Å². The predicted molar refractivity (Wildman–Crippen MR) is 166 cm³/mol. The Labute approximate surface area is 253 Å². The maximum absolute atomic E-state index is 13.4. The molecule has 6 rings (SSSR count). The first kappa shape index (κ1) is 28.3. The van der Waals surface area contributed by atoms with Gasteiger partial charge in [0.15, 0.2) is 11.5 Å². The van der Waals surface area contributed by atoms with Gasteiger partial charge in [-0.15, -0.1) is 0 Å². The maximum atomic E-state index is 13.4. The van der Waals surface area contributed by atoms with Gasteiger partial charge in [-0.25, -0.2) is 5.43 Å². The number of hydrazone groups is 1. The zero-order chi connectivity index (χ0) is 30.1. The lowest BCUT2D eigenvalue weighted by molar-refractivity contribution is -0.120. The number of benzene rings is 3. The van der Waals surface area contributed by atoms with Crippen molar-refractivity contribution in [2.75, 3.05) is 5.32 Å². The van der Waals surface area contributed by atoms with Crippen molar-refractivity contribution in [1.29, 1.82) is 0 Å². The summed E-state index contributed by atoms with van der Waals surface area (Å²) in [5, 5.41) is 8.72. The van der Waals surface area contributed by atoms with E-state index in [0.29, 0.717) is 52.1 Å². The molecule has 0 radical (unpaired) electrons. The number of nitrogens with one attached hydrogen (secondary N) is 2. The summed E-state index contributed by atoms with van der Waals surface area (Å²) in [5.41, 5.74) is 8.98. The van der Waals surface area contributed by atoms with Crippen molar-refractivity contribution >= 4 is 45.8 Å². The third-order valence-corrected chi connectivity index (χ3v) is 7.94. The number of hydrogen-bond donors (Lipinski definition) is 2. The van der Waals surface area contributed by atoms with E-state index in [1.165, 1.54) is 0 Å². The summed E-state index contributed by atoms with van der Waals surface area (Å²) in [6, 6.07) is 18.3. The molecule has 8 nitrogen and oxygen atoms in total. The lowest BCUT2D eigenvalue weighted by Gasteiger charge is -2.13. The minimum atomic E-state index is -0.437. The Morgan fingerprint density at radius 3 is 2.63 bits per heavy atom. The second kappa shape index (κ2) is 11.8. The van der Waals surface area contributed by atoms with Crippen molar-refractivity contribution in [3.8, 4) is 11.5 Å². The predicted octanol–water partition coefficient (Wildman–Crippen LogP) is 8.05. The molecule has 0 aliphatic heterocycles. The minimum Gasteiger partial charge on any atom is -0.464 e. The van der Waals surface area contributed by atoms with Crippen LogP contribution in [-0.2, 0) is 17.6 Å². The summed E-state index contributed by atoms with van der Waals surface area (Å²) in [6.07, 6.45) is 3.85. The first-order valence-corrected chi connectivity index (χ1v) is 14.4. The van der Waals surface area contributed by atoms with E-state index in [4.69, 9.17) is 25.2 Å². The van der Waals surface area contributed by atoms with Gasteiger partial charge in [0, 0.05) is 33.5 Å². The van der Waals surface area contributed by atoms with Gasteiger partial charge in [-0.1, -0.05) is 41.9 Å². The SMILES string of the molecule is Cc1ccc2c(CC(=O)N/N=C3\CCCc4oc(C(=O)Nc5cc(Cl)ccc5Oc5ccccc5)c(C)c43)coc2c1C. The summed E-state index contributed by atoms with van der Waals surface area (Å²) in [7, 11) is 0. The van der Waals surface area contributed by atoms with E-state index in [1.807, 2.05) is 63.2 Å². The topological polar surface area (TPSA) is 106 Å². The van der Waals surface area contributed by atoms with Crippen LogP contribution in [0.1, 0.15) is 57.0 Å². The van der Waals surface area contributed by atoms with Gasteiger partial charge in [0.05, 0.1) is 24.1 Å². The van der Waals surface area contributed by atoms with Crippen LogP contribution < -0.4 is 15.5 Å². The number of rotatable bonds is 7. The molecule has 2 amide bonds. The van der Waals surface area contributed by atoms with Gasteiger partial charge in [0.2, 0.25) is 5.91 Å². The largest absolute Gasteiger partial charge is 0.464 e. The van der Waals surface area contributed by atoms with Gasteiger partial charge >= 0.3 is 0 Å². The summed E-state index contributed by atoms with van der Waals surface area (Å²) < 4.78 is 17.8. The molecule has 0 saturated carbocycles. The Morgan fingerprint density at radius 1 is 1.00 bits per heavy atom. The van der Waals surface area contributed by atoms with Crippen molar-refractivity contribution < 1.29 is 23.2 Å². The smallest absolute Gasteiger partial charge is 0.291 e. The molecule has 0 unspecified atom stereocenters. The first-order chi connectivity index (χ1) is 20.8. The molecule has 0 saturated heterocycles. The van der Waals surface area contributed by atoms with Crippen molar-refractivity contribution in [3.63, 3.8) is 0 Å². The van der Waals surface area contributed by atoms with E-state index in [1.54, 1.807) is 24.5 Å². The monoisotopic (exact) mass is 595 g/mol. The third-order valence-electron chi connectivity index (χ3n) is 7.70. The second-order valence-corrected chi connectivity index (χ2v) is 11.1. The maximum Gasteiger partial charge on any atom is 0.291 e. The molecule has 3 aromatic carbocycles. The van der Waals surface area contributed by atoms with Crippen molar-refractivity contribution in [2.24, 2.45) is 5.10 Å². The van der Waals surface area contributed by atoms with Crippen LogP contribution in [0.2, 0.25) is 5.02 Å². The Balaban J connectivity index is 1.20. The van der Waals surface area contributed by atoms with Crippen LogP contribution >= 0.6 is 11.6 Å². The van der Waals surface area contributed by atoms with Crippen LogP contribution in [-0.4, -0.2) is 17.5 Å². The number of anilines is 1. The molecular weight excluding hydrogens is 566 g/mol. The summed E-state index contributed by atoms with van der Waals surface area (Å²) in [6.45, 7) is 5.85. The highest BCUT2D eigenvalue weighted by Gasteiger charge is 2.28. The number of carbonyl (C=O) groups is 2. The van der Waals surface area contributed by atoms with E-state index in [9.17, 15) is 9.59 Å². The van der Waals surface area contributed by atoms with Crippen LogP contribution in [0, 0.1) is 20.8 Å². The molecule has 218 valence electrons. The number of furan rings is 2. The van der Waals surface area contributed by atoms with E-state index in [2.05, 4.69) is 15.8 Å². The lowest BCUT2D eigenvalue weighted by atomic mass is 9.93. The van der Waals surface area contributed by atoms with Gasteiger partial charge in [0.1, 0.15) is 17.1 Å². The number of halogens is 1. The Morgan fingerprint density at radius 2 is 1.81 bits per heavy atom. The van der Waals surface area contributed by atoms with Crippen LogP contribution in [0.5, 0.6) is 11.5 Å². The first-order valence-electron chi connectivity index (χ1n) is 14.1. The fraction of sp³-hybridized carbons (Fsp3) is 0.206. The molecule has 1 aliphatic carbocycles. The van der Waals surface area contributed by atoms with Crippen molar-refractivity contribution in [3.05, 3.63) is 111 Å². The number of aryl methyl sites for hydroxylation is 3. The molecule has 9 heteroatoms. The average molecular weight is 596 g/mol. The Hall–Kier alpha value is -4.82. The van der Waals surface area contributed by atoms with Crippen LogP contribution in [0.15, 0.2) is 80.9 Å². The number of nitrogens with zero attached hydrogens (tertiary/aromatic N) is 1. The Bertz CT molecular complexity index is 1890. The fourth-order valence-corrected chi connectivity index (χ4v) is 5.52. The highest BCUT2D eigenvalue weighted by atomic mass is 35.5.